The molecule has 6 aliphatic rings. The van der Waals surface area contributed by atoms with E-state index < -0.39 is 43.2 Å². The summed E-state index contributed by atoms with van der Waals surface area (Å²) in [6, 6.07) is 47.7. The van der Waals surface area contributed by atoms with Crippen LogP contribution in [0.15, 0.2) is 206 Å². The van der Waals surface area contributed by atoms with Crippen molar-refractivity contribution in [1.29, 1.82) is 0 Å². The highest BCUT2D eigenvalue weighted by Crippen LogP contribution is 2.61. The fraction of sp³-hybridized carbons (Fsp3) is 0.345. The molecule has 0 atom stereocenters. The lowest BCUT2D eigenvalue weighted by Gasteiger charge is -2.57. The number of sulfone groups is 2. The quantitative estimate of drug-likeness (QED) is 0.0271. The molecule has 8 aromatic carbocycles. The first-order chi connectivity index (χ1) is 60.2. The fourth-order valence-corrected chi connectivity index (χ4v) is 19.8. The van der Waals surface area contributed by atoms with Gasteiger partial charge in [0.25, 0.3) is 0 Å². The molecule has 28 nitrogen and oxygen atoms in total. The van der Waals surface area contributed by atoms with E-state index in [1.807, 2.05) is 30.3 Å². The van der Waals surface area contributed by atoms with Crippen LogP contribution in [0.25, 0.3) is 45.3 Å². The van der Waals surface area contributed by atoms with Gasteiger partial charge in [-0.05, 0) is 247 Å². The van der Waals surface area contributed by atoms with Gasteiger partial charge in [0, 0.05) is 79.7 Å². The number of tetrazole rings is 3. The van der Waals surface area contributed by atoms with Crippen molar-refractivity contribution in [3.63, 3.8) is 0 Å². The van der Waals surface area contributed by atoms with E-state index in [9.17, 15) is 52.8 Å². The normalized spacial score (nSPS) is 17.1. The van der Waals surface area contributed by atoms with Gasteiger partial charge in [0.2, 0.25) is 29.3 Å². The topological polar surface area (TPSA) is 360 Å². The molecule has 12 aromatic rings. The number of aryl methyl sites for hydroxylation is 5. The molecule has 4 aromatic heterocycles. The summed E-state index contributed by atoms with van der Waals surface area (Å²) in [5, 5.41) is 66.8. The number of nitrogens with one attached hydrogen (secondary N) is 6. The van der Waals surface area contributed by atoms with Gasteiger partial charge in [-0.25, -0.2) is 21.8 Å². The number of aromatic amines is 1. The Morgan fingerprint density at radius 2 is 1.01 bits per heavy atom. The van der Waals surface area contributed by atoms with Gasteiger partial charge < -0.3 is 26.6 Å². The van der Waals surface area contributed by atoms with E-state index in [0.717, 1.165) is 93.4 Å². The predicted molar refractivity (Wildman–Crippen MR) is 481 cm³/mol. The van der Waals surface area contributed by atoms with Crippen LogP contribution in [0.4, 0.5) is 66.2 Å². The Hall–Kier alpha value is -11.6. The van der Waals surface area contributed by atoms with Gasteiger partial charge in [0.05, 0.1) is 65.1 Å². The molecule has 5 saturated carbocycles. The van der Waals surface area contributed by atoms with Crippen LogP contribution in [0.5, 0.6) is 0 Å². The first-order valence-corrected chi connectivity index (χ1v) is 46.8. The SMILES string of the molecule is CCS(=O)(=O)c1ccc(NC2CCCCC2)c(-c2nnn(C)n2)c1.CCS(=O)(=O)c1ccc(Nc2cccc(C(F)(F)F)c2)c(-c2nnn(C)n2)c1.Cc1cccc(C)c1-c1ccc(NC(=O)CSC2=NN=CC2)cc1.Cn1nnc(-c2cc(Br)ccc2Nc2cccc(C(F)(F)F)c2)n1.O=C(CSc1ncn[nH]1)Nc1ccc(C23CC4CC(CC(C4)C2)C3)cc1. The molecule has 5 aliphatic carbocycles. The maximum atomic E-state index is 13.0. The Bertz CT molecular complexity index is 6050. The zero-order chi connectivity index (χ0) is 89.5. The maximum absolute atomic E-state index is 13.0. The highest BCUT2D eigenvalue weighted by atomic mass is 79.9. The zero-order valence-corrected chi connectivity index (χ0v) is 74.7. The number of benzene rings is 8. The van der Waals surface area contributed by atoms with Gasteiger partial charge in [-0.2, -0.15) is 50.9 Å². The highest BCUT2D eigenvalue weighted by Gasteiger charge is 2.51. The molecule has 0 radical (unpaired) electrons. The maximum Gasteiger partial charge on any atom is 0.416 e. The van der Waals surface area contributed by atoms with Crippen LogP contribution < -0.4 is 26.6 Å². The number of carbonyl (C=O) groups is 2. The van der Waals surface area contributed by atoms with Crippen molar-refractivity contribution >= 4 is 122 Å². The Kier molecular flexibility index (Phi) is 29.9. The third-order valence-corrected chi connectivity index (χ3v) is 27.8. The minimum Gasteiger partial charge on any atom is -0.382 e. The van der Waals surface area contributed by atoms with E-state index in [0.29, 0.717) is 78.4 Å². The molecule has 18 rings (SSSR count). The molecule has 0 unspecified atom stereocenters. The number of aromatic nitrogens is 15. The standard InChI is InChI=1S/C20H24N4OS.C19H19N3OS.C17H16F3N5O2S.C16H23N5O2S.C15H11BrF3N5/c25-18(11-26-19-21-12-22-24-19)23-17-3-1-16(2-4-17)20-8-13-5-14(9-20)7-15(6-13)10-20;1-13-4-3-5-14(2)19(13)15-6-8-16(9-7-15)21-17(23)12-24-18-10-11-20-22-18;1-3-28(26,27)13-7-8-15(14(10-13)16-22-24-25(2)23-16)21-12-6-4-5-11(9-12)17(18,19)20;1-3-24(22,23)13-9-10-15(17-12-7-5-4-6-8-12)14(11-13)16-18-20-21(2)19-16;1-24-22-14(21-23-24)12-8-10(16)5-6-13(12)20-11-4-2-3-9(7-11)15(17,18)19/h1-4,12-15H,5-11H2,(H,23,25)(H,21,22,24);3-9,11H,10,12H2,1-2H3,(H,21,23);4-10,21H,3H2,1-2H3;9-12,17H,3-8H2,1-2H3;2-8,20H,1H3. The van der Waals surface area contributed by atoms with Gasteiger partial charge in [-0.1, -0.05) is 127 Å². The fourth-order valence-electron chi connectivity index (χ4n) is 16.3. The summed E-state index contributed by atoms with van der Waals surface area (Å²) in [7, 11) is -1.91. The van der Waals surface area contributed by atoms with Gasteiger partial charge in [0.15, 0.2) is 24.8 Å². The minimum atomic E-state index is -4.48. The van der Waals surface area contributed by atoms with Gasteiger partial charge in [0.1, 0.15) is 11.4 Å². The Morgan fingerprint density at radius 1 is 0.548 bits per heavy atom. The number of amides is 2. The van der Waals surface area contributed by atoms with E-state index in [4.69, 9.17) is 0 Å². The van der Waals surface area contributed by atoms with Crippen LogP contribution in [0.2, 0.25) is 0 Å². The van der Waals surface area contributed by atoms with Crippen LogP contribution in [0, 0.1) is 31.6 Å². The monoisotopic (exact) mass is 1860 g/mol. The van der Waals surface area contributed by atoms with Crippen LogP contribution in [-0.2, 0) is 68.2 Å². The number of alkyl halides is 6. The van der Waals surface area contributed by atoms with Crippen molar-refractivity contribution < 1.29 is 52.8 Å². The minimum absolute atomic E-state index is 0.0195. The second kappa shape index (κ2) is 40.8. The van der Waals surface area contributed by atoms with Crippen molar-refractivity contribution in [2.75, 3.05) is 49.6 Å². The average molecular weight is 1870 g/mol. The lowest BCUT2D eigenvalue weighted by Crippen LogP contribution is -2.48. The summed E-state index contributed by atoms with van der Waals surface area (Å²) >= 11 is 6.15. The van der Waals surface area contributed by atoms with Crippen LogP contribution in [-0.4, -0.2) is 145 Å². The van der Waals surface area contributed by atoms with Crippen LogP contribution >= 0.6 is 39.5 Å². The summed E-state index contributed by atoms with van der Waals surface area (Å²) in [6.45, 7) is 7.39. The molecule has 2 amide bonds. The number of carbonyl (C=O) groups excluding carboxylic acids is 2. The van der Waals surface area contributed by atoms with Gasteiger partial charge in [-0.3, -0.25) is 14.7 Å². The average Bonchev–Trinajstić information content (AvgIpc) is 1.55. The van der Waals surface area contributed by atoms with Gasteiger partial charge >= 0.3 is 12.4 Å². The lowest BCUT2D eigenvalue weighted by molar-refractivity contribution is -0.138. The largest absolute Gasteiger partial charge is 0.416 e. The molecule has 5 heterocycles. The lowest BCUT2D eigenvalue weighted by atomic mass is 9.48. The van der Waals surface area contributed by atoms with Crippen molar-refractivity contribution in [1.82, 2.24) is 75.8 Å². The first-order valence-electron chi connectivity index (χ1n) is 40.7. The van der Waals surface area contributed by atoms with Gasteiger partial charge in [-0.15, -0.1) is 35.7 Å². The van der Waals surface area contributed by atoms with Crippen molar-refractivity contribution in [2.24, 2.45) is 49.1 Å². The molecule has 4 bridgehead atoms. The van der Waals surface area contributed by atoms with Crippen molar-refractivity contribution in [3.8, 4) is 45.3 Å². The summed E-state index contributed by atoms with van der Waals surface area (Å²) in [4.78, 5) is 32.4. The molecule has 126 heavy (non-hydrogen) atoms. The molecule has 0 saturated heterocycles. The molecule has 660 valence electrons. The molecular formula is C87H93BrF6N22O6S4. The number of anilines is 7. The number of nitrogens with zero attached hydrogens (tertiary/aromatic N) is 16. The number of thioether (sulfide) groups is 2. The molecule has 5 fully saturated rings. The van der Waals surface area contributed by atoms with E-state index in [2.05, 4.69) is 170 Å². The molecule has 39 heteroatoms. The van der Waals surface area contributed by atoms with Crippen LogP contribution in [0.1, 0.15) is 119 Å². The van der Waals surface area contributed by atoms with E-state index in [1.54, 1.807) is 70.7 Å². The number of halogens is 7. The van der Waals surface area contributed by atoms with Crippen molar-refractivity contribution in [2.45, 2.75) is 144 Å². The Balaban J connectivity index is 0.000000135. The predicted octanol–water partition coefficient (Wildman–Crippen LogP) is 18.7. The second-order valence-electron chi connectivity index (χ2n) is 31.2. The molecule has 6 N–H and O–H groups in total. The van der Waals surface area contributed by atoms with Crippen molar-refractivity contribution in [3.05, 3.63) is 208 Å². The second-order valence-corrected chi connectivity index (χ2v) is 38.7. The zero-order valence-electron chi connectivity index (χ0n) is 69.8. The number of rotatable bonds is 22. The van der Waals surface area contributed by atoms with E-state index in [-0.39, 0.29) is 39.7 Å². The smallest absolute Gasteiger partial charge is 0.382 e. The third-order valence-electron chi connectivity index (χ3n) is 22.0. The highest BCUT2D eigenvalue weighted by molar-refractivity contribution is 9.10. The summed E-state index contributed by atoms with van der Waals surface area (Å²) in [6.07, 6.45) is 9.54. The first kappa shape index (κ1) is 92.1. The number of H-pyrrole nitrogens is 1. The number of hydrogen-bond acceptors (Lipinski definition) is 24. The number of hydrogen-bond donors (Lipinski definition) is 6. The molecular weight excluding hydrogens is 1770 g/mol. The summed E-state index contributed by atoms with van der Waals surface area (Å²) in [5.41, 5.74) is 10.9. The Morgan fingerprint density at radius 3 is 1.46 bits per heavy atom. The van der Waals surface area contributed by atoms with E-state index in [1.165, 1.54) is 168 Å². The van der Waals surface area contributed by atoms with Crippen LogP contribution in [0.3, 0.4) is 0 Å². The summed E-state index contributed by atoms with van der Waals surface area (Å²) in [5.74, 6) is 4.39. The molecule has 0 spiro atoms. The Labute approximate surface area is 741 Å². The summed E-state index contributed by atoms with van der Waals surface area (Å²) < 4.78 is 127. The third kappa shape index (κ3) is 24.4. The molecule has 1 aliphatic heterocycles. The van der Waals surface area contributed by atoms with E-state index >= 15 is 0 Å².